The Morgan fingerprint density at radius 3 is 2.38 bits per heavy atom. The van der Waals surface area contributed by atoms with E-state index in [0.717, 1.165) is 43.0 Å². The fraction of sp³-hybridized carbons (Fsp3) is 0.357. The van der Waals surface area contributed by atoms with Gasteiger partial charge in [0, 0.05) is 68.4 Å². The van der Waals surface area contributed by atoms with E-state index in [9.17, 15) is 9.59 Å². The van der Waals surface area contributed by atoms with E-state index in [-0.39, 0.29) is 17.7 Å². The first-order valence-corrected chi connectivity index (χ1v) is 12.4. The Morgan fingerprint density at radius 1 is 1.00 bits per heavy atom. The maximum Gasteiger partial charge on any atom is 0.253 e. The Hall–Kier alpha value is -3.98. The minimum atomic E-state index is -0.152. The molecular formula is C28H34N6O3. The zero-order valence-corrected chi connectivity index (χ0v) is 21.8. The number of carbonyl (C=O) groups is 2. The summed E-state index contributed by atoms with van der Waals surface area (Å²) in [7, 11) is 5.28. The standard InChI is InChI=1S/C28H34N6O3/c1-19(23-10-9-22(27(35)29-2)15-25(23)37-4)17-30-26-16-24(31-18-32-26)20-5-7-21(8-6-20)28(36)34-13-11-33(3)12-14-34/h5-10,15-16,18-19H,11-14,17H2,1-4H3,(H,29,35)(H,30,31,32)/t19-/m1/s1. The molecule has 194 valence electrons. The molecule has 9 heteroatoms. The zero-order chi connectivity index (χ0) is 26.4. The number of hydrogen-bond donors (Lipinski definition) is 2. The third-order valence-electron chi connectivity index (χ3n) is 6.73. The average Bonchev–Trinajstić information content (AvgIpc) is 2.95. The van der Waals surface area contributed by atoms with Crippen LogP contribution < -0.4 is 15.4 Å². The number of rotatable bonds is 8. The van der Waals surface area contributed by atoms with Crippen molar-refractivity contribution in [3.8, 4) is 17.0 Å². The van der Waals surface area contributed by atoms with Gasteiger partial charge in [-0.25, -0.2) is 9.97 Å². The second-order valence-corrected chi connectivity index (χ2v) is 9.28. The number of aromatic nitrogens is 2. The third-order valence-corrected chi connectivity index (χ3v) is 6.73. The topological polar surface area (TPSA) is 99.7 Å². The molecular weight excluding hydrogens is 468 g/mol. The second kappa shape index (κ2) is 11.8. The van der Waals surface area contributed by atoms with Gasteiger partial charge in [0.1, 0.15) is 17.9 Å². The number of amides is 2. The van der Waals surface area contributed by atoms with Gasteiger partial charge in [-0.1, -0.05) is 25.1 Å². The van der Waals surface area contributed by atoms with Crippen molar-refractivity contribution in [1.82, 2.24) is 25.1 Å². The molecule has 2 heterocycles. The predicted molar refractivity (Wildman–Crippen MR) is 144 cm³/mol. The first-order chi connectivity index (χ1) is 17.9. The number of likely N-dealkylation sites (N-methyl/N-ethyl adjacent to an activating group) is 1. The normalized spacial score (nSPS) is 14.6. The van der Waals surface area contributed by atoms with Crippen molar-refractivity contribution in [2.24, 2.45) is 0 Å². The molecule has 37 heavy (non-hydrogen) atoms. The molecule has 1 atom stereocenters. The number of hydrogen-bond acceptors (Lipinski definition) is 7. The Bertz CT molecular complexity index is 1240. The number of nitrogens with zero attached hydrogens (tertiary/aromatic N) is 4. The van der Waals surface area contributed by atoms with Crippen LogP contribution in [0.5, 0.6) is 5.75 Å². The van der Waals surface area contributed by atoms with E-state index in [4.69, 9.17) is 4.74 Å². The zero-order valence-electron chi connectivity index (χ0n) is 21.8. The number of ether oxygens (including phenoxy) is 1. The Balaban J connectivity index is 1.40. The van der Waals surface area contributed by atoms with E-state index < -0.39 is 0 Å². The third kappa shape index (κ3) is 6.24. The van der Waals surface area contributed by atoms with Crippen molar-refractivity contribution >= 4 is 17.6 Å². The number of anilines is 1. The van der Waals surface area contributed by atoms with Gasteiger partial charge in [0.05, 0.1) is 12.8 Å². The number of nitrogens with one attached hydrogen (secondary N) is 2. The van der Waals surface area contributed by atoms with Crippen LogP contribution in [0.1, 0.15) is 39.1 Å². The first-order valence-electron chi connectivity index (χ1n) is 12.4. The maximum atomic E-state index is 12.8. The monoisotopic (exact) mass is 502 g/mol. The lowest BCUT2D eigenvalue weighted by atomic mass is 9.98. The van der Waals surface area contributed by atoms with Crippen LogP contribution in [0.25, 0.3) is 11.3 Å². The summed E-state index contributed by atoms with van der Waals surface area (Å²) in [4.78, 5) is 37.7. The van der Waals surface area contributed by atoms with Crippen molar-refractivity contribution < 1.29 is 14.3 Å². The average molecular weight is 503 g/mol. The van der Waals surface area contributed by atoms with Crippen LogP contribution in [0.15, 0.2) is 54.9 Å². The Morgan fingerprint density at radius 2 is 1.70 bits per heavy atom. The molecule has 0 saturated carbocycles. The highest BCUT2D eigenvalue weighted by Crippen LogP contribution is 2.28. The van der Waals surface area contributed by atoms with Gasteiger partial charge in [0.2, 0.25) is 0 Å². The molecule has 2 amide bonds. The summed E-state index contributed by atoms with van der Waals surface area (Å²) < 4.78 is 5.54. The van der Waals surface area contributed by atoms with Gasteiger partial charge in [-0.3, -0.25) is 9.59 Å². The van der Waals surface area contributed by atoms with Crippen LogP contribution in [0.4, 0.5) is 5.82 Å². The van der Waals surface area contributed by atoms with Crippen molar-refractivity contribution in [1.29, 1.82) is 0 Å². The van der Waals surface area contributed by atoms with Gasteiger partial charge in [-0.15, -0.1) is 0 Å². The van der Waals surface area contributed by atoms with Crippen molar-refractivity contribution in [3.05, 3.63) is 71.5 Å². The number of carbonyl (C=O) groups excluding carboxylic acids is 2. The van der Waals surface area contributed by atoms with E-state index in [0.29, 0.717) is 29.2 Å². The number of methoxy groups -OCH3 is 1. The molecule has 1 aliphatic heterocycles. The fourth-order valence-electron chi connectivity index (χ4n) is 4.36. The second-order valence-electron chi connectivity index (χ2n) is 9.28. The molecule has 0 aliphatic carbocycles. The minimum absolute atomic E-state index is 0.0671. The van der Waals surface area contributed by atoms with E-state index in [1.807, 2.05) is 41.3 Å². The molecule has 0 bridgehead atoms. The predicted octanol–water partition coefficient (Wildman–Crippen LogP) is 3.12. The van der Waals surface area contributed by atoms with E-state index in [1.165, 1.54) is 6.33 Å². The van der Waals surface area contributed by atoms with Crippen molar-refractivity contribution in [2.75, 3.05) is 59.2 Å². The molecule has 9 nitrogen and oxygen atoms in total. The maximum absolute atomic E-state index is 12.8. The molecule has 1 fully saturated rings. The molecule has 0 spiro atoms. The van der Waals surface area contributed by atoms with Crippen LogP contribution in [0.3, 0.4) is 0 Å². The van der Waals surface area contributed by atoms with Crippen molar-refractivity contribution in [3.63, 3.8) is 0 Å². The van der Waals surface area contributed by atoms with Gasteiger partial charge in [0.25, 0.3) is 11.8 Å². The summed E-state index contributed by atoms with van der Waals surface area (Å²) in [6.45, 7) is 5.99. The molecule has 1 aliphatic rings. The van der Waals surface area contributed by atoms with Crippen LogP contribution >= 0.6 is 0 Å². The fourth-order valence-corrected chi connectivity index (χ4v) is 4.36. The van der Waals surface area contributed by atoms with E-state index >= 15 is 0 Å². The highest BCUT2D eigenvalue weighted by Gasteiger charge is 2.20. The highest BCUT2D eigenvalue weighted by atomic mass is 16.5. The quantitative estimate of drug-likeness (QED) is 0.488. The molecule has 3 aromatic rings. The molecule has 2 aromatic carbocycles. The van der Waals surface area contributed by atoms with Crippen LogP contribution in [-0.2, 0) is 0 Å². The minimum Gasteiger partial charge on any atom is -0.496 e. The molecule has 1 saturated heterocycles. The van der Waals surface area contributed by atoms with E-state index in [1.54, 1.807) is 26.3 Å². The van der Waals surface area contributed by atoms with Crippen LogP contribution in [-0.4, -0.2) is 85.5 Å². The van der Waals surface area contributed by atoms with Gasteiger partial charge < -0.3 is 25.2 Å². The number of benzene rings is 2. The van der Waals surface area contributed by atoms with Gasteiger partial charge >= 0.3 is 0 Å². The van der Waals surface area contributed by atoms with Gasteiger partial charge in [0.15, 0.2) is 0 Å². The summed E-state index contributed by atoms with van der Waals surface area (Å²) in [5, 5.41) is 6.01. The highest BCUT2D eigenvalue weighted by molar-refractivity contribution is 5.95. The lowest BCUT2D eigenvalue weighted by molar-refractivity contribution is 0.0664. The Labute approximate surface area is 217 Å². The molecule has 1 aromatic heterocycles. The Kier molecular flexibility index (Phi) is 8.35. The smallest absolute Gasteiger partial charge is 0.253 e. The number of piperazine rings is 1. The summed E-state index contributed by atoms with van der Waals surface area (Å²) in [5.74, 6) is 1.39. The lowest BCUT2D eigenvalue weighted by Gasteiger charge is -2.32. The lowest BCUT2D eigenvalue weighted by Crippen LogP contribution is -2.47. The van der Waals surface area contributed by atoms with Crippen LogP contribution in [0, 0.1) is 0 Å². The molecule has 0 unspecified atom stereocenters. The summed E-state index contributed by atoms with van der Waals surface area (Å²) in [6, 6.07) is 15.0. The SMILES string of the molecule is CNC(=O)c1ccc([C@H](C)CNc2cc(-c3ccc(C(=O)N4CCN(C)CC4)cc3)ncn2)c(OC)c1. The summed E-state index contributed by atoms with van der Waals surface area (Å²) in [6.07, 6.45) is 1.53. The summed E-state index contributed by atoms with van der Waals surface area (Å²) in [5.41, 5.74) is 3.93. The van der Waals surface area contributed by atoms with Gasteiger partial charge in [-0.2, -0.15) is 0 Å². The van der Waals surface area contributed by atoms with Crippen molar-refractivity contribution in [2.45, 2.75) is 12.8 Å². The largest absolute Gasteiger partial charge is 0.496 e. The molecule has 2 N–H and O–H groups in total. The van der Waals surface area contributed by atoms with Crippen LogP contribution in [0.2, 0.25) is 0 Å². The van der Waals surface area contributed by atoms with Gasteiger partial charge in [-0.05, 0) is 36.9 Å². The summed E-state index contributed by atoms with van der Waals surface area (Å²) >= 11 is 0. The molecule has 0 radical (unpaired) electrons. The first kappa shape index (κ1) is 26.1. The van der Waals surface area contributed by atoms with E-state index in [2.05, 4.69) is 39.5 Å². The molecule has 4 rings (SSSR count).